The van der Waals surface area contributed by atoms with Crippen LogP contribution >= 0.6 is 0 Å². The van der Waals surface area contributed by atoms with Crippen LogP contribution in [-0.4, -0.2) is 16.6 Å². The summed E-state index contributed by atoms with van der Waals surface area (Å²) >= 11 is 0. The summed E-state index contributed by atoms with van der Waals surface area (Å²) in [6.45, 7) is -0.185. The fraction of sp³-hybridized carbons (Fsp3) is 0.308. The molecule has 1 heterocycles. The van der Waals surface area contributed by atoms with E-state index < -0.39 is 6.61 Å². The minimum atomic E-state index is -2.79. The van der Waals surface area contributed by atoms with Gasteiger partial charge in [0.2, 0.25) is 0 Å². The summed E-state index contributed by atoms with van der Waals surface area (Å²) in [5.41, 5.74) is 0.994. The summed E-state index contributed by atoms with van der Waals surface area (Å²) in [6, 6.07) is 6.68. The van der Waals surface area contributed by atoms with Crippen molar-refractivity contribution in [1.82, 2.24) is 15.3 Å². The number of nitrogens with one attached hydrogen (secondary N) is 2. The number of nitrogens with zero attached hydrogens (tertiary/aromatic N) is 1. The number of imidazole rings is 1. The van der Waals surface area contributed by atoms with Gasteiger partial charge in [0.1, 0.15) is 11.6 Å². The maximum Gasteiger partial charge on any atom is 0.387 e. The largest absolute Gasteiger partial charge is 0.435 e. The molecule has 2 rings (SSSR count). The Morgan fingerprint density at radius 1 is 1.32 bits per heavy atom. The van der Waals surface area contributed by atoms with Crippen molar-refractivity contribution >= 4 is 0 Å². The van der Waals surface area contributed by atoms with Crippen LogP contribution in [0.2, 0.25) is 0 Å². The van der Waals surface area contributed by atoms with Gasteiger partial charge in [-0.2, -0.15) is 8.78 Å². The highest BCUT2D eigenvalue weighted by molar-refractivity contribution is 5.28. The van der Waals surface area contributed by atoms with Crippen LogP contribution in [-0.2, 0) is 6.54 Å². The van der Waals surface area contributed by atoms with Crippen LogP contribution in [0.25, 0.3) is 0 Å². The number of alkyl halides is 2. The first-order valence-corrected chi connectivity index (χ1v) is 5.91. The molecule has 0 saturated carbocycles. The van der Waals surface area contributed by atoms with E-state index in [-0.39, 0.29) is 11.8 Å². The third-order valence-corrected chi connectivity index (χ3v) is 2.74. The first-order valence-electron chi connectivity index (χ1n) is 5.91. The van der Waals surface area contributed by atoms with Crippen molar-refractivity contribution in [1.29, 1.82) is 0 Å². The molecule has 19 heavy (non-hydrogen) atoms. The summed E-state index contributed by atoms with van der Waals surface area (Å²) < 4.78 is 28.3. The summed E-state index contributed by atoms with van der Waals surface area (Å²) in [7, 11) is 0. The minimum Gasteiger partial charge on any atom is -0.435 e. The Bertz CT molecular complexity index is 485. The highest BCUT2D eigenvalue weighted by atomic mass is 19.3. The van der Waals surface area contributed by atoms with E-state index in [0.717, 1.165) is 11.4 Å². The van der Waals surface area contributed by atoms with Gasteiger partial charge < -0.3 is 15.0 Å². The van der Waals surface area contributed by atoms with Crippen LogP contribution in [0.3, 0.4) is 0 Å². The molecule has 0 bridgehead atoms. The van der Waals surface area contributed by atoms with E-state index in [1.54, 1.807) is 24.5 Å². The number of ether oxygens (including phenoxy) is 1. The van der Waals surface area contributed by atoms with E-state index in [1.165, 1.54) is 12.1 Å². The molecule has 0 aliphatic rings. The van der Waals surface area contributed by atoms with Crippen molar-refractivity contribution in [3.8, 4) is 5.75 Å². The molecular weight excluding hydrogens is 252 g/mol. The second-order valence-electron chi connectivity index (χ2n) is 4.09. The molecule has 1 aromatic carbocycles. The van der Waals surface area contributed by atoms with Gasteiger partial charge in [-0.1, -0.05) is 12.1 Å². The van der Waals surface area contributed by atoms with E-state index in [9.17, 15) is 8.78 Å². The summed E-state index contributed by atoms with van der Waals surface area (Å²) in [6.07, 6.45) is 3.45. The fourth-order valence-corrected chi connectivity index (χ4v) is 1.70. The predicted octanol–water partition coefficient (Wildman–Crippen LogP) is 2.86. The van der Waals surface area contributed by atoms with Gasteiger partial charge in [-0.25, -0.2) is 4.98 Å². The van der Waals surface area contributed by atoms with E-state index in [0.29, 0.717) is 6.54 Å². The second kappa shape index (κ2) is 6.29. The molecule has 0 aliphatic heterocycles. The lowest BCUT2D eigenvalue weighted by molar-refractivity contribution is -0.0498. The number of halogens is 2. The van der Waals surface area contributed by atoms with Gasteiger partial charge in [0.05, 0.1) is 6.54 Å². The van der Waals surface area contributed by atoms with Crippen molar-refractivity contribution in [3.63, 3.8) is 0 Å². The van der Waals surface area contributed by atoms with Crippen LogP contribution in [0.1, 0.15) is 24.4 Å². The highest BCUT2D eigenvalue weighted by Gasteiger charge is 2.07. The lowest BCUT2D eigenvalue weighted by Gasteiger charge is -2.14. The lowest BCUT2D eigenvalue weighted by atomic mass is 10.1. The molecule has 1 unspecified atom stereocenters. The molecule has 0 radical (unpaired) electrons. The van der Waals surface area contributed by atoms with Gasteiger partial charge >= 0.3 is 6.61 Å². The van der Waals surface area contributed by atoms with E-state index >= 15 is 0 Å². The van der Waals surface area contributed by atoms with Crippen LogP contribution < -0.4 is 10.1 Å². The van der Waals surface area contributed by atoms with Gasteiger partial charge in [-0.3, -0.25) is 0 Å². The van der Waals surface area contributed by atoms with E-state index in [2.05, 4.69) is 20.0 Å². The van der Waals surface area contributed by atoms with Crippen molar-refractivity contribution in [2.24, 2.45) is 0 Å². The van der Waals surface area contributed by atoms with Crippen LogP contribution in [0, 0.1) is 0 Å². The maximum atomic E-state index is 12.0. The molecule has 0 fully saturated rings. The topological polar surface area (TPSA) is 49.9 Å². The average Bonchev–Trinajstić information content (AvgIpc) is 2.89. The number of hydrogen-bond acceptors (Lipinski definition) is 3. The summed E-state index contributed by atoms with van der Waals surface area (Å²) in [5.74, 6) is 1.02. The Hall–Kier alpha value is -1.95. The van der Waals surface area contributed by atoms with Crippen LogP contribution in [0.4, 0.5) is 8.78 Å². The molecule has 4 nitrogen and oxygen atoms in total. The molecule has 2 N–H and O–H groups in total. The van der Waals surface area contributed by atoms with Crippen LogP contribution in [0.15, 0.2) is 36.7 Å². The normalized spacial score (nSPS) is 12.6. The number of hydrogen-bond donors (Lipinski definition) is 2. The number of aromatic nitrogens is 2. The molecule has 0 amide bonds. The Morgan fingerprint density at radius 2 is 2.05 bits per heavy atom. The molecular formula is C13H15F2N3O. The average molecular weight is 267 g/mol. The first kappa shape index (κ1) is 13.5. The molecule has 0 spiro atoms. The third kappa shape index (κ3) is 4.03. The summed E-state index contributed by atoms with van der Waals surface area (Å²) in [4.78, 5) is 7.10. The Balaban J connectivity index is 1.90. The zero-order valence-corrected chi connectivity index (χ0v) is 10.4. The van der Waals surface area contributed by atoms with Gasteiger partial charge in [-0.15, -0.1) is 0 Å². The standard InChI is InChI=1S/C13H15F2N3O/c1-9(18-8-12-16-6-7-17-12)10-2-4-11(5-3-10)19-13(14)15/h2-7,9,13,18H,8H2,1H3,(H,16,17). The fourth-order valence-electron chi connectivity index (χ4n) is 1.70. The second-order valence-corrected chi connectivity index (χ2v) is 4.09. The predicted molar refractivity (Wildman–Crippen MR) is 66.9 cm³/mol. The smallest absolute Gasteiger partial charge is 0.387 e. The van der Waals surface area contributed by atoms with Crippen LogP contribution in [0.5, 0.6) is 5.75 Å². The molecule has 102 valence electrons. The molecule has 1 aromatic heterocycles. The first-order chi connectivity index (χ1) is 9.15. The molecule has 0 aliphatic carbocycles. The highest BCUT2D eigenvalue weighted by Crippen LogP contribution is 2.19. The molecule has 0 saturated heterocycles. The SMILES string of the molecule is CC(NCc1ncc[nH]1)c1ccc(OC(F)F)cc1. The molecule has 6 heteroatoms. The number of benzene rings is 1. The Kier molecular flexibility index (Phi) is 4.46. The summed E-state index contributed by atoms with van der Waals surface area (Å²) in [5, 5.41) is 3.28. The van der Waals surface area contributed by atoms with Gasteiger partial charge in [0, 0.05) is 18.4 Å². The lowest BCUT2D eigenvalue weighted by Crippen LogP contribution is -2.18. The Labute approximate surface area is 109 Å². The Morgan fingerprint density at radius 3 is 2.63 bits per heavy atom. The quantitative estimate of drug-likeness (QED) is 0.846. The molecule has 2 aromatic rings. The van der Waals surface area contributed by atoms with Crippen molar-refractivity contribution in [2.45, 2.75) is 26.1 Å². The minimum absolute atomic E-state index is 0.0886. The van der Waals surface area contributed by atoms with Crippen molar-refractivity contribution in [3.05, 3.63) is 48.0 Å². The van der Waals surface area contributed by atoms with E-state index in [1.807, 2.05) is 6.92 Å². The third-order valence-electron chi connectivity index (χ3n) is 2.74. The molecule has 1 atom stereocenters. The number of H-pyrrole nitrogens is 1. The van der Waals surface area contributed by atoms with Gasteiger partial charge in [0.25, 0.3) is 0 Å². The zero-order chi connectivity index (χ0) is 13.7. The monoisotopic (exact) mass is 267 g/mol. The number of aromatic amines is 1. The zero-order valence-electron chi connectivity index (χ0n) is 10.4. The van der Waals surface area contributed by atoms with Gasteiger partial charge in [0.15, 0.2) is 0 Å². The van der Waals surface area contributed by atoms with Crippen molar-refractivity contribution < 1.29 is 13.5 Å². The van der Waals surface area contributed by atoms with Gasteiger partial charge in [-0.05, 0) is 24.6 Å². The van der Waals surface area contributed by atoms with E-state index in [4.69, 9.17) is 0 Å². The number of rotatable bonds is 6. The van der Waals surface area contributed by atoms with Crippen molar-refractivity contribution in [2.75, 3.05) is 0 Å². The maximum absolute atomic E-state index is 12.0.